The number of aromatic nitrogens is 1. The van der Waals surface area contributed by atoms with Gasteiger partial charge in [-0.05, 0) is 26.0 Å². The molecule has 1 aromatic heterocycles. The molecular weight excluding hydrogens is 334 g/mol. The number of benzene rings is 1. The SMILES string of the molecule is CC(=O)Nc1cccc(OCC#CCNC(=O)Cc2c(C)noc2C)c1. The first kappa shape index (κ1) is 19.1. The third-order valence-corrected chi connectivity index (χ3v) is 3.48. The quantitative estimate of drug-likeness (QED) is 0.773. The van der Waals surface area contributed by atoms with Crippen LogP contribution in [-0.4, -0.2) is 30.1 Å². The van der Waals surface area contributed by atoms with E-state index in [0.717, 1.165) is 11.3 Å². The summed E-state index contributed by atoms with van der Waals surface area (Å²) in [5, 5.41) is 9.22. The molecule has 0 bridgehead atoms. The molecule has 2 amide bonds. The number of aryl methyl sites for hydroxylation is 2. The monoisotopic (exact) mass is 355 g/mol. The third kappa shape index (κ3) is 5.98. The Morgan fingerprint density at radius 3 is 2.77 bits per heavy atom. The van der Waals surface area contributed by atoms with Crippen LogP contribution in [0, 0.1) is 25.7 Å². The molecule has 0 fully saturated rings. The molecule has 0 unspecified atom stereocenters. The lowest BCUT2D eigenvalue weighted by molar-refractivity contribution is -0.120. The summed E-state index contributed by atoms with van der Waals surface area (Å²) in [4.78, 5) is 22.9. The number of carbonyl (C=O) groups excluding carboxylic acids is 2. The predicted octanol–water partition coefficient (Wildman–Crippen LogP) is 1.99. The van der Waals surface area contributed by atoms with Crippen molar-refractivity contribution in [2.24, 2.45) is 0 Å². The summed E-state index contributed by atoms with van der Waals surface area (Å²) in [6.45, 7) is 5.44. The molecule has 136 valence electrons. The van der Waals surface area contributed by atoms with Gasteiger partial charge < -0.3 is 19.9 Å². The maximum atomic E-state index is 11.9. The summed E-state index contributed by atoms with van der Waals surface area (Å²) in [6.07, 6.45) is 0.218. The molecule has 0 atom stereocenters. The molecule has 1 heterocycles. The lowest BCUT2D eigenvalue weighted by Gasteiger charge is -2.05. The number of anilines is 1. The topological polar surface area (TPSA) is 93.5 Å². The van der Waals surface area contributed by atoms with Gasteiger partial charge in [-0.25, -0.2) is 0 Å². The first-order chi connectivity index (χ1) is 12.5. The Morgan fingerprint density at radius 2 is 2.08 bits per heavy atom. The van der Waals surface area contributed by atoms with Gasteiger partial charge in [0.1, 0.15) is 18.1 Å². The summed E-state index contributed by atoms with van der Waals surface area (Å²) in [5.74, 6) is 6.62. The van der Waals surface area contributed by atoms with Gasteiger partial charge in [0.25, 0.3) is 0 Å². The number of nitrogens with zero attached hydrogens (tertiary/aromatic N) is 1. The van der Waals surface area contributed by atoms with Crippen LogP contribution >= 0.6 is 0 Å². The Labute approximate surface area is 152 Å². The minimum Gasteiger partial charge on any atom is -0.481 e. The molecule has 1 aromatic carbocycles. The van der Waals surface area contributed by atoms with Gasteiger partial charge >= 0.3 is 0 Å². The van der Waals surface area contributed by atoms with Crippen molar-refractivity contribution in [1.29, 1.82) is 0 Å². The van der Waals surface area contributed by atoms with Crippen LogP contribution in [0.15, 0.2) is 28.8 Å². The summed E-state index contributed by atoms with van der Waals surface area (Å²) >= 11 is 0. The average Bonchev–Trinajstić information content (AvgIpc) is 2.89. The summed E-state index contributed by atoms with van der Waals surface area (Å²) in [7, 11) is 0. The Kier molecular flexibility index (Phi) is 6.80. The Bertz CT molecular complexity index is 826. The van der Waals surface area contributed by atoms with Crippen molar-refractivity contribution in [3.05, 3.63) is 41.3 Å². The molecule has 0 spiro atoms. The average molecular weight is 355 g/mol. The van der Waals surface area contributed by atoms with Crippen molar-refractivity contribution < 1.29 is 18.8 Å². The van der Waals surface area contributed by atoms with Gasteiger partial charge in [0.15, 0.2) is 0 Å². The maximum Gasteiger partial charge on any atom is 0.225 e. The molecule has 0 saturated heterocycles. The van der Waals surface area contributed by atoms with Gasteiger partial charge in [0.05, 0.1) is 18.7 Å². The van der Waals surface area contributed by atoms with Crippen LogP contribution in [0.25, 0.3) is 0 Å². The van der Waals surface area contributed by atoms with E-state index in [0.29, 0.717) is 17.2 Å². The van der Waals surface area contributed by atoms with Gasteiger partial charge in [0.2, 0.25) is 11.8 Å². The zero-order valence-corrected chi connectivity index (χ0v) is 15.0. The lowest BCUT2D eigenvalue weighted by atomic mass is 10.1. The van der Waals surface area contributed by atoms with E-state index in [-0.39, 0.29) is 31.4 Å². The number of nitrogens with one attached hydrogen (secondary N) is 2. The molecular formula is C19H21N3O4. The molecule has 0 radical (unpaired) electrons. The van der Waals surface area contributed by atoms with Gasteiger partial charge in [-0.2, -0.15) is 0 Å². The van der Waals surface area contributed by atoms with Crippen LogP contribution < -0.4 is 15.4 Å². The normalized spacial score (nSPS) is 9.81. The minimum absolute atomic E-state index is 0.141. The van der Waals surface area contributed by atoms with Crippen LogP contribution in [-0.2, 0) is 16.0 Å². The van der Waals surface area contributed by atoms with E-state index in [1.807, 2.05) is 0 Å². The van der Waals surface area contributed by atoms with Crippen molar-refractivity contribution in [2.75, 3.05) is 18.5 Å². The zero-order chi connectivity index (χ0) is 18.9. The van der Waals surface area contributed by atoms with Crippen molar-refractivity contribution in [3.8, 4) is 17.6 Å². The molecule has 7 nitrogen and oxygen atoms in total. The standard InChI is InChI=1S/C19H21N3O4/c1-13-18(14(2)26-22-13)12-19(24)20-9-4-5-10-25-17-8-6-7-16(11-17)21-15(3)23/h6-8,11H,9-10,12H2,1-3H3,(H,20,24)(H,21,23). The van der Waals surface area contributed by atoms with E-state index >= 15 is 0 Å². The predicted molar refractivity (Wildman–Crippen MR) is 96.7 cm³/mol. The molecule has 2 rings (SSSR count). The molecule has 0 aliphatic heterocycles. The van der Waals surface area contributed by atoms with E-state index < -0.39 is 0 Å². The third-order valence-electron chi connectivity index (χ3n) is 3.48. The number of hydrogen-bond acceptors (Lipinski definition) is 5. The highest BCUT2D eigenvalue weighted by atomic mass is 16.5. The number of carbonyl (C=O) groups is 2. The first-order valence-electron chi connectivity index (χ1n) is 8.10. The second-order valence-corrected chi connectivity index (χ2v) is 5.61. The second kappa shape index (κ2) is 9.28. The Balaban J connectivity index is 1.72. The highest BCUT2D eigenvalue weighted by Crippen LogP contribution is 2.17. The molecule has 26 heavy (non-hydrogen) atoms. The maximum absolute atomic E-state index is 11.9. The zero-order valence-electron chi connectivity index (χ0n) is 15.0. The van der Waals surface area contributed by atoms with Gasteiger partial charge in [-0.15, -0.1) is 0 Å². The fraction of sp³-hybridized carbons (Fsp3) is 0.316. The number of hydrogen-bond donors (Lipinski definition) is 2. The van der Waals surface area contributed by atoms with Crippen molar-refractivity contribution in [3.63, 3.8) is 0 Å². The molecule has 7 heteroatoms. The second-order valence-electron chi connectivity index (χ2n) is 5.61. The van der Waals surface area contributed by atoms with Crippen LogP contribution in [0.2, 0.25) is 0 Å². The van der Waals surface area contributed by atoms with Gasteiger partial charge in [-0.1, -0.05) is 23.1 Å². The van der Waals surface area contributed by atoms with Crippen LogP contribution in [0.5, 0.6) is 5.75 Å². The summed E-state index contributed by atoms with van der Waals surface area (Å²) in [5.41, 5.74) is 2.19. The van der Waals surface area contributed by atoms with E-state index in [2.05, 4.69) is 27.6 Å². The molecule has 0 aliphatic rings. The summed E-state index contributed by atoms with van der Waals surface area (Å²) in [6, 6.07) is 7.05. The van der Waals surface area contributed by atoms with Crippen molar-refractivity contribution >= 4 is 17.5 Å². The molecule has 0 aliphatic carbocycles. The highest BCUT2D eigenvalue weighted by molar-refractivity contribution is 5.88. The molecule has 2 aromatic rings. The molecule has 2 N–H and O–H groups in total. The van der Waals surface area contributed by atoms with Gasteiger partial charge in [0, 0.05) is 24.2 Å². The lowest BCUT2D eigenvalue weighted by Crippen LogP contribution is -2.25. The fourth-order valence-corrected chi connectivity index (χ4v) is 2.22. The van der Waals surface area contributed by atoms with E-state index in [9.17, 15) is 9.59 Å². The molecule has 0 saturated carbocycles. The largest absolute Gasteiger partial charge is 0.481 e. The minimum atomic E-state index is -0.144. The van der Waals surface area contributed by atoms with E-state index in [1.165, 1.54) is 6.92 Å². The van der Waals surface area contributed by atoms with E-state index in [1.54, 1.807) is 38.1 Å². The summed E-state index contributed by atoms with van der Waals surface area (Å²) < 4.78 is 10.5. The number of ether oxygens (including phenoxy) is 1. The smallest absolute Gasteiger partial charge is 0.225 e. The van der Waals surface area contributed by atoms with Crippen molar-refractivity contribution in [2.45, 2.75) is 27.2 Å². The van der Waals surface area contributed by atoms with Crippen molar-refractivity contribution in [1.82, 2.24) is 10.5 Å². The van der Waals surface area contributed by atoms with Gasteiger partial charge in [-0.3, -0.25) is 9.59 Å². The van der Waals surface area contributed by atoms with E-state index in [4.69, 9.17) is 9.26 Å². The fourth-order valence-electron chi connectivity index (χ4n) is 2.22. The number of amides is 2. The first-order valence-corrected chi connectivity index (χ1v) is 8.10. The van der Waals surface area contributed by atoms with Crippen LogP contribution in [0.1, 0.15) is 23.9 Å². The number of rotatable bonds is 6. The Morgan fingerprint density at radius 1 is 1.27 bits per heavy atom. The van der Waals surface area contributed by atoms with Crippen LogP contribution in [0.4, 0.5) is 5.69 Å². The highest BCUT2D eigenvalue weighted by Gasteiger charge is 2.12. The van der Waals surface area contributed by atoms with Crippen LogP contribution in [0.3, 0.4) is 0 Å². The Hall–Kier alpha value is -3.27.